The molecule has 3 atom stereocenters. The highest BCUT2D eigenvalue weighted by molar-refractivity contribution is 5.80. The SMILES string of the molecule is COc1cc2c(cc1OC(=O)[C@@H](N)C(C)C)C1Cc3ccc(OC(=O)[C@@H](N)C(C)C)c(OC)c3CN1CC2. The Morgan fingerprint density at radius 1 is 0.868 bits per heavy atom. The van der Waals surface area contributed by atoms with Crippen molar-refractivity contribution in [2.75, 3.05) is 20.8 Å². The zero-order valence-electron chi connectivity index (χ0n) is 23.1. The van der Waals surface area contributed by atoms with E-state index in [9.17, 15) is 9.59 Å². The normalized spacial score (nSPS) is 18.2. The van der Waals surface area contributed by atoms with Crippen molar-refractivity contribution in [2.45, 2.75) is 65.2 Å². The first-order valence-electron chi connectivity index (χ1n) is 13.1. The molecule has 2 aliphatic heterocycles. The third-order valence-electron chi connectivity index (χ3n) is 7.60. The predicted molar refractivity (Wildman–Crippen MR) is 143 cm³/mol. The molecule has 2 aliphatic rings. The van der Waals surface area contributed by atoms with Gasteiger partial charge in [-0.05, 0) is 59.6 Å². The van der Waals surface area contributed by atoms with Gasteiger partial charge in [0, 0.05) is 24.7 Å². The number of carbonyl (C=O) groups excluding carboxylic acids is 2. The van der Waals surface area contributed by atoms with E-state index >= 15 is 0 Å². The number of nitrogens with two attached hydrogens (primary N) is 2. The molecule has 9 nitrogen and oxygen atoms in total. The van der Waals surface area contributed by atoms with Crippen LogP contribution in [0.2, 0.25) is 0 Å². The Hall–Kier alpha value is -3.14. The van der Waals surface area contributed by atoms with Crippen LogP contribution in [0.3, 0.4) is 0 Å². The maximum Gasteiger partial charge on any atom is 0.328 e. The van der Waals surface area contributed by atoms with Crippen molar-refractivity contribution in [2.24, 2.45) is 23.3 Å². The lowest BCUT2D eigenvalue weighted by molar-refractivity contribution is -0.137. The first-order valence-corrected chi connectivity index (χ1v) is 13.1. The molecule has 9 heteroatoms. The fraction of sp³-hybridized carbons (Fsp3) is 0.517. The first kappa shape index (κ1) is 27.9. The van der Waals surface area contributed by atoms with E-state index in [-0.39, 0.29) is 17.9 Å². The average molecular weight is 526 g/mol. The summed E-state index contributed by atoms with van der Waals surface area (Å²) in [5.74, 6) is 0.787. The summed E-state index contributed by atoms with van der Waals surface area (Å²) >= 11 is 0. The van der Waals surface area contributed by atoms with Gasteiger partial charge in [0.05, 0.1) is 14.2 Å². The second-order valence-corrected chi connectivity index (χ2v) is 10.8. The van der Waals surface area contributed by atoms with Gasteiger partial charge in [-0.2, -0.15) is 0 Å². The average Bonchev–Trinajstić information content (AvgIpc) is 2.90. The highest BCUT2D eigenvalue weighted by Crippen LogP contribution is 2.46. The van der Waals surface area contributed by atoms with Crippen LogP contribution in [-0.2, 0) is 29.0 Å². The maximum absolute atomic E-state index is 12.6. The zero-order chi connectivity index (χ0) is 27.7. The number of hydrogen-bond acceptors (Lipinski definition) is 9. The Morgan fingerprint density at radius 2 is 1.50 bits per heavy atom. The molecule has 0 saturated carbocycles. The lowest BCUT2D eigenvalue weighted by atomic mass is 9.83. The van der Waals surface area contributed by atoms with Gasteiger partial charge < -0.3 is 30.4 Å². The fourth-order valence-electron chi connectivity index (χ4n) is 5.05. The summed E-state index contributed by atoms with van der Waals surface area (Å²) in [5, 5.41) is 0. The molecular weight excluding hydrogens is 486 g/mol. The number of methoxy groups -OCH3 is 2. The van der Waals surface area contributed by atoms with Gasteiger partial charge in [-0.3, -0.25) is 4.90 Å². The highest BCUT2D eigenvalue weighted by Gasteiger charge is 2.36. The van der Waals surface area contributed by atoms with E-state index in [4.69, 9.17) is 30.4 Å². The summed E-state index contributed by atoms with van der Waals surface area (Å²) in [6, 6.07) is 6.29. The molecular formula is C29H39N3O6. The van der Waals surface area contributed by atoms with Gasteiger partial charge in [0.25, 0.3) is 0 Å². The maximum atomic E-state index is 12.6. The van der Waals surface area contributed by atoms with Gasteiger partial charge in [0.2, 0.25) is 0 Å². The number of fused-ring (bicyclic) bond motifs is 4. The van der Waals surface area contributed by atoms with Crippen molar-refractivity contribution < 1.29 is 28.5 Å². The second kappa shape index (κ2) is 11.3. The molecule has 2 aromatic rings. The van der Waals surface area contributed by atoms with E-state index in [0.717, 1.165) is 36.1 Å². The minimum absolute atomic E-state index is 0.0378. The Balaban J connectivity index is 1.65. The van der Waals surface area contributed by atoms with Gasteiger partial charge in [0.15, 0.2) is 23.0 Å². The van der Waals surface area contributed by atoms with E-state index in [1.165, 1.54) is 5.56 Å². The molecule has 0 fully saturated rings. The third-order valence-corrected chi connectivity index (χ3v) is 7.60. The largest absolute Gasteiger partial charge is 0.493 e. The fourth-order valence-corrected chi connectivity index (χ4v) is 5.05. The summed E-state index contributed by atoms with van der Waals surface area (Å²) in [5.41, 5.74) is 16.4. The minimum Gasteiger partial charge on any atom is -0.493 e. The van der Waals surface area contributed by atoms with Crippen molar-refractivity contribution in [1.82, 2.24) is 4.90 Å². The van der Waals surface area contributed by atoms with Crippen LogP contribution < -0.4 is 30.4 Å². The Labute approximate surface area is 224 Å². The Bertz CT molecular complexity index is 1210. The van der Waals surface area contributed by atoms with Crippen LogP contribution in [0, 0.1) is 11.8 Å². The van der Waals surface area contributed by atoms with Crippen molar-refractivity contribution >= 4 is 11.9 Å². The summed E-state index contributed by atoms with van der Waals surface area (Å²) in [6.07, 6.45) is 1.54. The van der Waals surface area contributed by atoms with E-state index in [0.29, 0.717) is 29.5 Å². The summed E-state index contributed by atoms with van der Waals surface area (Å²) in [4.78, 5) is 27.5. The number of hydrogen-bond donors (Lipinski definition) is 2. The number of esters is 2. The molecule has 4 N–H and O–H groups in total. The number of benzene rings is 2. The van der Waals surface area contributed by atoms with Crippen molar-refractivity contribution in [3.63, 3.8) is 0 Å². The molecule has 0 radical (unpaired) electrons. The lowest BCUT2D eigenvalue weighted by Gasteiger charge is -2.42. The predicted octanol–water partition coefficient (Wildman–Crippen LogP) is 3.14. The molecule has 2 heterocycles. The van der Waals surface area contributed by atoms with Crippen LogP contribution >= 0.6 is 0 Å². The van der Waals surface area contributed by atoms with Crippen LogP contribution in [0.25, 0.3) is 0 Å². The number of rotatable bonds is 8. The molecule has 2 aromatic carbocycles. The number of nitrogens with zero attached hydrogens (tertiary/aromatic N) is 1. The van der Waals surface area contributed by atoms with Crippen molar-refractivity contribution in [3.05, 3.63) is 46.5 Å². The van der Waals surface area contributed by atoms with Crippen LogP contribution in [-0.4, -0.2) is 49.7 Å². The number of carbonyl (C=O) groups is 2. The Morgan fingerprint density at radius 3 is 2.08 bits per heavy atom. The standard InChI is InChI=1S/C29H39N3O6/c1-15(2)25(30)28(33)37-22-8-7-17-11-21-19-13-24(38-29(34)26(31)16(3)4)23(35-5)12-18(19)9-10-32(21)14-20(17)27(22)36-6/h7-8,12-13,15-16,21,25-26H,9-11,14,30-31H2,1-6H3/t21?,25-,26-/m0/s1. The van der Waals surface area contributed by atoms with Crippen LogP contribution in [0.1, 0.15) is 56.0 Å². The molecule has 0 spiro atoms. The van der Waals surface area contributed by atoms with Crippen molar-refractivity contribution in [1.29, 1.82) is 0 Å². The quantitative estimate of drug-likeness (QED) is 0.395. The molecule has 0 amide bonds. The Kier molecular flexibility index (Phi) is 8.30. The lowest BCUT2D eigenvalue weighted by Crippen LogP contribution is -2.40. The monoisotopic (exact) mass is 525 g/mol. The zero-order valence-corrected chi connectivity index (χ0v) is 23.1. The van der Waals surface area contributed by atoms with Crippen molar-refractivity contribution in [3.8, 4) is 23.0 Å². The molecule has 206 valence electrons. The van der Waals surface area contributed by atoms with Gasteiger partial charge in [-0.25, -0.2) is 9.59 Å². The topological polar surface area (TPSA) is 126 Å². The van der Waals surface area contributed by atoms with Gasteiger partial charge in [-0.1, -0.05) is 33.8 Å². The first-order chi connectivity index (χ1) is 18.0. The molecule has 0 aromatic heterocycles. The molecule has 1 unspecified atom stereocenters. The molecule has 0 bridgehead atoms. The molecule has 38 heavy (non-hydrogen) atoms. The molecule has 0 aliphatic carbocycles. The highest BCUT2D eigenvalue weighted by atomic mass is 16.6. The van der Waals surface area contributed by atoms with Crippen LogP contribution in [0.15, 0.2) is 24.3 Å². The van der Waals surface area contributed by atoms with Gasteiger partial charge in [0.1, 0.15) is 12.1 Å². The smallest absolute Gasteiger partial charge is 0.328 e. The van der Waals surface area contributed by atoms with E-state index in [2.05, 4.69) is 4.90 Å². The van der Waals surface area contributed by atoms with E-state index in [1.54, 1.807) is 20.3 Å². The summed E-state index contributed by atoms with van der Waals surface area (Å²) < 4.78 is 22.7. The summed E-state index contributed by atoms with van der Waals surface area (Å²) in [7, 11) is 3.15. The molecule has 4 rings (SSSR count). The summed E-state index contributed by atoms with van der Waals surface area (Å²) in [6.45, 7) is 8.99. The van der Waals surface area contributed by atoms with Gasteiger partial charge in [-0.15, -0.1) is 0 Å². The second-order valence-electron chi connectivity index (χ2n) is 10.8. The van der Waals surface area contributed by atoms with Crippen LogP contribution in [0.5, 0.6) is 23.0 Å². The van der Waals surface area contributed by atoms with Crippen LogP contribution in [0.4, 0.5) is 0 Å². The van der Waals surface area contributed by atoms with E-state index in [1.807, 2.05) is 45.9 Å². The molecule has 0 saturated heterocycles. The number of ether oxygens (including phenoxy) is 4. The van der Waals surface area contributed by atoms with E-state index < -0.39 is 24.0 Å². The minimum atomic E-state index is -0.723. The third kappa shape index (κ3) is 5.36. The van der Waals surface area contributed by atoms with Gasteiger partial charge >= 0.3 is 11.9 Å².